The molecule has 0 spiro atoms. The van der Waals surface area contributed by atoms with E-state index < -0.39 is 23.5 Å². The fraction of sp³-hybridized carbons (Fsp3) is 0.300. The minimum Gasteiger partial charge on any atom is -0.478 e. The molecule has 5 rings (SSSR count). The van der Waals surface area contributed by atoms with Crippen molar-refractivity contribution in [2.75, 3.05) is 25.5 Å². The van der Waals surface area contributed by atoms with Gasteiger partial charge in [-0.3, -0.25) is 9.69 Å². The molecule has 1 heterocycles. The maximum Gasteiger partial charge on any atom is 0.403 e. The van der Waals surface area contributed by atoms with Gasteiger partial charge in [-0.2, -0.15) is 13.2 Å². The molecule has 3 aromatic carbocycles. The standard InChI is InChI=1S/C30H28BrClF3N5O3/c1-38(2)13-14-39-24-10-4-19(26(41)42)16-23(24)37-28(39)40(21-7-5-20(31)6-8-21)25-15-18(3-9-22(25)32)17-36-27(43)29(11-12-29)30(33,34)35/h3-10,15-16H,11-14,17H2,1-2H3,(H,36,43)(H,41,42). The fourth-order valence-electron chi connectivity index (χ4n) is 4.85. The van der Waals surface area contributed by atoms with Gasteiger partial charge in [-0.15, -0.1) is 0 Å². The molecular formula is C30H28BrClF3N5O3. The van der Waals surface area contributed by atoms with Crippen LogP contribution >= 0.6 is 27.5 Å². The molecule has 1 amide bonds. The molecule has 2 N–H and O–H groups in total. The molecule has 43 heavy (non-hydrogen) atoms. The highest BCUT2D eigenvalue weighted by Gasteiger charge is 2.68. The highest BCUT2D eigenvalue weighted by molar-refractivity contribution is 9.10. The number of rotatable bonds is 10. The Bertz CT molecular complexity index is 1690. The van der Waals surface area contributed by atoms with Crippen LogP contribution in [0.3, 0.4) is 0 Å². The Hall–Kier alpha value is -3.61. The number of carboxylic acids is 1. The average Bonchev–Trinajstić information content (AvgIpc) is 3.70. The monoisotopic (exact) mass is 677 g/mol. The Morgan fingerprint density at radius 1 is 1.09 bits per heavy atom. The van der Waals surface area contributed by atoms with Crippen molar-refractivity contribution in [3.05, 3.63) is 81.3 Å². The van der Waals surface area contributed by atoms with E-state index in [-0.39, 0.29) is 24.9 Å². The van der Waals surface area contributed by atoms with Crippen LogP contribution in [0.25, 0.3) is 11.0 Å². The molecule has 0 aliphatic heterocycles. The first-order chi connectivity index (χ1) is 20.3. The summed E-state index contributed by atoms with van der Waals surface area (Å²) in [4.78, 5) is 32.9. The second-order valence-electron chi connectivity index (χ2n) is 10.7. The highest BCUT2D eigenvalue weighted by Crippen LogP contribution is 2.57. The Kier molecular flexibility index (Phi) is 8.47. The molecule has 1 aliphatic carbocycles. The quantitative estimate of drug-likeness (QED) is 0.185. The lowest BCUT2D eigenvalue weighted by Gasteiger charge is -2.27. The normalized spacial score (nSPS) is 14.2. The van der Waals surface area contributed by atoms with Crippen molar-refractivity contribution in [1.29, 1.82) is 0 Å². The van der Waals surface area contributed by atoms with Gasteiger partial charge in [-0.05, 0) is 87.1 Å². The van der Waals surface area contributed by atoms with Crippen LogP contribution < -0.4 is 10.2 Å². The number of aromatic carboxylic acids is 1. The number of imidazole rings is 1. The summed E-state index contributed by atoms with van der Waals surface area (Å²) in [7, 11) is 3.88. The summed E-state index contributed by atoms with van der Waals surface area (Å²) in [6, 6.07) is 17.1. The summed E-state index contributed by atoms with van der Waals surface area (Å²) in [5.74, 6) is -1.66. The number of benzene rings is 3. The fourth-order valence-corrected chi connectivity index (χ4v) is 5.32. The minimum absolute atomic E-state index is 0.0922. The number of likely N-dealkylation sites (N-methyl/N-ethyl adjacent to an activating group) is 1. The minimum atomic E-state index is -4.60. The topological polar surface area (TPSA) is 90.7 Å². The number of carbonyl (C=O) groups excluding carboxylic acids is 1. The maximum atomic E-state index is 13.5. The second-order valence-corrected chi connectivity index (χ2v) is 12.1. The van der Waals surface area contributed by atoms with Gasteiger partial charge in [0.05, 0.1) is 27.3 Å². The molecule has 226 valence electrons. The summed E-state index contributed by atoms with van der Waals surface area (Å²) in [6.45, 7) is 1.02. The van der Waals surface area contributed by atoms with Gasteiger partial charge in [-0.1, -0.05) is 33.6 Å². The van der Waals surface area contributed by atoms with Gasteiger partial charge in [0.2, 0.25) is 11.9 Å². The first-order valence-electron chi connectivity index (χ1n) is 13.4. The molecule has 1 saturated carbocycles. The van der Waals surface area contributed by atoms with Crippen LogP contribution in [0.15, 0.2) is 65.1 Å². The number of alkyl halides is 3. The van der Waals surface area contributed by atoms with Gasteiger partial charge < -0.3 is 19.9 Å². The van der Waals surface area contributed by atoms with Crippen LogP contribution in [0.1, 0.15) is 28.8 Å². The number of fused-ring (bicyclic) bond motifs is 1. The first kappa shape index (κ1) is 30.8. The van der Waals surface area contributed by atoms with Gasteiger partial charge in [-0.25, -0.2) is 9.78 Å². The van der Waals surface area contributed by atoms with E-state index in [1.807, 2.05) is 52.7 Å². The lowest BCUT2D eigenvalue weighted by molar-refractivity contribution is -0.192. The molecule has 0 bridgehead atoms. The van der Waals surface area contributed by atoms with E-state index in [9.17, 15) is 27.9 Å². The summed E-state index contributed by atoms with van der Waals surface area (Å²) in [5.41, 5.74) is 0.652. The third-order valence-electron chi connectivity index (χ3n) is 7.46. The molecule has 0 saturated heterocycles. The first-order valence-corrected chi connectivity index (χ1v) is 14.6. The van der Waals surface area contributed by atoms with E-state index in [0.717, 1.165) is 4.47 Å². The molecule has 1 aliphatic rings. The molecule has 0 radical (unpaired) electrons. The zero-order chi connectivity index (χ0) is 31.1. The Balaban J connectivity index is 1.61. The summed E-state index contributed by atoms with van der Waals surface area (Å²) >= 11 is 10.2. The van der Waals surface area contributed by atoms with Crippen LogP contribution in [-0.4, -0.2) is 58.3 Å². The van der Waals surface area contributed by atoms with Crippen molar-refractivity contribution in [3.8, 4) is 0 Å². The van der Waals surface area contributed by atoms with Crippen molar-refractivity contribution >= 4 is 67.8 Å². The van der Waals surface area contributed by atoms with Crippen LogP contribution in [0.5, 0.6) is 0 Å². The summed E-state index contributed by atoms with van der Waals surface area (Å²) < 4.78 is 43.2. The van der Waals surface area contributed by atoms with Crippen LogP contribution in [0.4, 0.5) is 30.5 Å². The van der Waals surface area contributed by atoms with E-state index in [2.05, 4.69) is 21.2 Å². The molecule has 8 nitrogen and oxygen atoms in total. The Labute approximate surface area is 259 Å². The van der Waals surface area contributed by atoms with Crippen LogP contribution in [0, 0.1) is 5.41 Å². The molecular weight excluding hydrogens is 651 g/mol. The van der Waals surface area contributed by atoms with E-state index in [1.165, 1.54) is 12.1 Å². The van der Waals surface area contributed by atoms with E-state index >= 15 is 0 Å². The maximum absolute atomic E-state index is 13.5. The van der Waals surface area contributed by atoms with Gasteiger partial charge in [0.25, 0.3) is 0 Å². The van der Waals surface area contributed by atoms with E-state index in [4.69, 9.17) is 16.6 Å². The smallest absolute Gasteiger partial charge is 0.403 e. The molecule has 1 aromatic heterocycles. The third-order valence-corrected chi connectivity index (χ3v) is 8.31. The number of nitrogens with one attached hydrogen (secondary N) is 1. The van der Waals surface area contributed by atoms with Crippen molar-refractivity contribution in [2.24, 2.45) is 5.41 Å². The van der Waals surface area contributed by atoms with Crippen molar-refractivity contribution < 1.29 is 27.9 Å². The van der Waals surface area contributed by atoms with E-state index in [1.54, 1.807) is 24.3 Å². The lowest BCUT2D eigenvalue weighted by atomic mass is 10.1. The molecule has 0 atom stereocenters. The third kappa shape index (κ3) is 6.22. The predicted molar refractivity (Wildman–Crippen MR) is 162 cm³/mol. The Morgan fingerprint density at radius 2 is 1.79 bits per heavy atom. The molecule has 1 fully saturated rings. The van der Waals surface area contributed by atoms with E-state index in [0.29, 0.717) is 52.0 Å². The van der Waals surface area contributed by atoms with Gasteiger partial charge >= 0.3 is 12.1 Å². The van der Waals surface area contributed by atoms with Gasteiger partial charge in [0.1, 0.15) is 5.41 Å². The number of aromatic nitrogens is 2. The predicted octanol–water partition coefficient (Wildman–Crippen LogP) is 7.14. The van der Waals surface area contributed by atoms with Gasteiger partial charge in [0.15, 0.2) is 0 Å². The zero-order valence-electron chi connectivity index (χ0n) is 23.3. The van der Waals surface area contributed by atoms with Crippen molar-refractivity contribution in [1.82, 2.24) is 19.8 Å². The molecule has 0 unspecified atom stereocenters. The van der Waals surface area contributed by atoms with Crippen LogP contribution in [0.2, 0.25) is 5.02 Å². The number of anilines is 3. The van der Waals surface area contributed by atoms with Crippen LogP contribution in [-0.2, 0) is 17.9 Å². The number of carboxylic acid groups (broad SMARTS) is 1. The number of amides is 1. The number of carbonyl (C=O) groups is 2. The highest BCUT2D eigenvalue weighted by atomic mass is 79.9. The lowest BCUT2D eigenvalue weighted by Crippen LogP contribution is -2.40. The molecule has 4 aromatic rings. The number of halogens is 5. The van der Waals surface area contributed by atoms with Gasteiger partial charge in [0, 0.05) is 29.8 Å². The number of hydrogen-bond acceptors (Lipinski definition) is 5. The van der Waals surface area contributed by atoms with Crippen molar-refractivity contribution in [2.45, 2.75) is 32.1 Å². The zero-order valence-corrected chi connectivity index (χ0v) is 25.6. The SMILES string of the molecule is CN(C)CCn1c(N(c2ccc(Br)cc2)c2cc(CNC(=O)C3(C(F)(F)F)CC3)ccc2Cl)nc2cc(C(=O)O)ccc21. The largest absolute Gasteiger partial charge is 0.478 e. The summed E-state index contributed by atoms with van der Waals surface area (Å²) in [5, 5.41) is 12.4. The molecule has 13 heteroatoms. The summed E-state index contributed by atoms with van der Waals surface area (Å²) in [6.07, 6.45) is -5.05. The van der Waals surface area contributed by atoms with Crippen molar-refractivity contribution in [3.63, 3.8) is 0 Å². The second kappa shape index (κ2) is 11.8. The number of nitrogens with zero attached hydrogens (tertiary/aromatic N) is 4. The number of hydrogen-bond donors (Lipinski definition) is 2. The average molecular weight is 679 g/mol. The Morgan fingerprint density at radius 3 is 2.40 bits per heavy atom.